The third-order valence-corrected chi connectivity index (χ3v) is 6.95. The van der Waals surface area contributed by atoms with E-state index < -0.39 is 0 Å². The highest BCUT2D eigenvalue weighted by atomic mass is 16.3. The molecule has 0 spiro atoms. The second-order valence-electron chi connectivity index (χ2n) is 9.17. The van der Waals surface area contributed by atoms with Crippen molar-refractivity contribution in [3.8, 4) is 22.6 Å². The van der Waals surface area contributed by atoms with E-state index in [1.54, 1.807) is 0 Å². The molecule has 0 heterocycles. The van der Waals surface area contributed by atoms with Crippen molar-refractivity contribution in [3.05, 3.63) is 46.5 Å². The van der Waals surface area contributed by atoms with E-state index in [4.69, 9.17) is 0 Å². The first-order chi connectivity index (χ1) is 13.5. The molecule has 2 fully saturated rings. The summed E-state index contributed by atoms with van der Waals surface area (Å²) in [6.07, 6.45) is 12.2. The molecule has 0 amide bonds. The lowest BCUT2D eigenvalue weighted by atomic mass is 9.80. The lowest BCUT2D eigenvalue weighted by molar-refractivity contribution is 0.411. The van der Waals surface area contributed by atoms with Crippen molar-refractivity contribution in [2.45, 2.75) is 89.9 Å². The highest BCUT2D eigenvalue weighted by molar-refractivity contribution is 5.79. The molecule has 0 bridgehead atoms. The predicted molar refractivity (Wildman–Crippen MR) is 116 cm³/mol. The Morgan fingerprint density at radius 3 is 1.29 bits per heavy atom. The highest BCUT2D eigenvalue weighted by Crippen LogP contribution is 2.47. The van der Waals surface area contributed by atoms with Crippen molar-refractivity contribution in [3.63, 3.8) is 0 Å². The average Bonchev–Trinajstić information content (AvgIpc) is 2.72. The number of aryl methyl sites for hydroxylation is 2. The number of hydrogen-bond donors (Lipinski definition) is 2. The van der Waals surface area contributed by atoms with Crippen molar-refractivity contribution < 1.29 is 10.2 Å². The normalized spacial score (nSPS) is 19.1. The first kappa shape index (κ1) is 19.4. The van der Waals surface area contributed by atoms with Crippen molar-refractivity contribution in [1.82, 2.24) is 0 Å². The van der Waals surface area contributed by atoms with Crippen molar-refractivity contribution >= 4 is 0 Å². The zero-order chi connectivity index (χ0) is 19.7. The topological polar surface area (TPSA) is 40.5 Å². The van der Waals surface area contributed by atoms with Crippen LogP contribution in [0.15, 0.2) is 24.3 Å². The Labute approximate surface area is 169 Å². The minimum Gasteiger partial charge on any atom is -0.507 e. The smallest absolute Gasteiger partial charge is 0.127 e. The maximum atomic E-state index is 11.2. The lowest BCUT2D eigenvalue weighted by Crippen LogP contribution is -2.07. The summed E-state index contributed by atoms with van der Waals surface area (Å²) < 4.78 is 0. The number of hydrogen-bond acceptors (Lipinski definition) is 2. The Morgan fingerprint density at radius 1 is 0.571 bits per heavy atom. The molecule has 28 heavy (non-hydrogen) atoms. The summed E-state index contributed by atoms with van der Waals surface area (Å²) in [6.45, 7) is 4.20. The second kappa shape index (κ2) is 8.19. The summed E-state index contributed by atoms with van der Waals surface area (Å²) in [5, 5.41) is 22.4. The number of phenolic OH excluding ortho intramolecular Hbond substituents is 2. The van der Waals surface area contributed by atoms with E-state index in [0.717, 1.165) is 59.1 Å². The van der Waals surface area contributed by atoms with E-state index >= 15 is 0 Å². The monoisotopic (exact) mass is 378 g/mol. The van der Waals surface area contributed by atoms with Gasteiger partial charge < -0.3 is 10.2 Å². The molecule has 2 aliphatic rings. The largest absolute Gasteiger partial charge is 0.507 e. The molecular weight excluding hydrogens is 344 g/mol. The van der Waals surface area contributed by atoms with Gasteiger partial charge in [0.2, 0.25) is 0 Å². The summed E-state index contributed by atoms with van der Waals surface area (Å²) in [5.41, 5.74) is 6.09. The number of benzene rings is 2. The molecule has 0 aliphatic heterocycles. The summed E-state index contributed by atoms with van der Waals surface area (Å²) >= 11 is 0. The van der Waals surface area contributed by atoms with Gasteiger partial charge in [-0.15, -0.1) is 0 Å². The van der Waals surface area contributed by atoms with Crippen LogP contribution in [0.4, 0.5) is 0 Å². The third kappa shape index (κ3) is 3.79. The first-order valence-corrected chi connectivity index (χ1v) is 11.2. The van der Waals surface area contributed by atoms with Gasteiger partial charge in [0.05, 0.1) is 0 Å². The van der Waals surface area contributed by atoms with Gasteiger partial charge in [-0.2, -0.15) is 0 Å². The van der Waals surface area contributed by atoms with E-state index in [2.05, 4.69) is 26.0 Å². The van der Waals surface area contributed by atoms with Crippen LogP contribution in [0, 0.1) is 13.8 Å². The maximum absolute atomic E-state index is 11.2. The molecule has 0 aromatic heterocycles. The minimum atomic E-state index is 0.382. The van der Waals surface area contributed by atoms with E-state index in [1.807, 2.05) is 12.1 Å². The molecule has 0 radical (unpaired) electrons. The molecule has 2 saturated carbocycles. The molecule has 2 heteroatoms. The van der Waals surface area contributed by atoms with Crippen LogP contribution in [0.25, 0.3) is 11.1 Å². The van der Waals surface area contributed by atoms with Crippen molar-refractivity contribution in [2.75, 3.05) is 0 Å². The average molecular weight is 379 g/mol. The van der Waals surface area contributed by atoms with Gasteiger partial charge in [0.25, 0.3) is 0 Å². The number of phenols is 2. The van der Waals surface area contributed by atoms with Gasteiger partial charge in [-0.3, -0.25) is 0 Å². The number of rotatable bonds is 3. The molecule has 2 aromatic rings. The Hall–Kier alpha value is -1.96. The number of aromatic hydroxyl groups is 2. The van der Waals surface area contributed by atoms with Gasteiger partial charge in [-0.05, 0) is 85.8 Å². The molecule has 2 aromatic carbocycles. The molecular formula is C26H34O2. The third-order valence-electron chi connectivity index (χ3n) is 6.95. The summed E-state index contributed by atoms with van der Waals surface area (Å²) in [4.78, 5) is 0. The quantitative estimate of drug-likeness (QED) is 0.581. The zero-order valence-corrected chi connectivity index (χ0v) is 17.4. The standard InChI is InChI=1S/C26H34O2/c1-17-13-21(19-9-5-3-6-10-19)25(27)23(15-17)24-16-18(2)14-22(26(24)28)20-11-7-4-8-12-20/h13-16,19-20,27-28H,3-12H2,1-2H3. The Kier molecular flexibility index (Phi) is 5.66. The van der Waals surface area contributed by atoms with Crippen LogP contribution in [0.5, 0.6) is 11.5 Å². The van der Waals surface area contributed by atoms with Gasteiger partial charge in [0.1, 0.15) is 11.5 Å². The molecule has 0 atom stereocenters. The molecule has 2 N–H and O–H groups in total. The molecule has 0 unspecified atom stereocenters. The van der Waals surface area contributed by atoms with Crippen LogP contribution in [0.1, 0.15) is 98.3 Å². The van der Waals surface area contributed by atoms with Crippen LogP contribution in [-0.4, -0.2) is 10.2 Å². The highest BCUT2D eigenvalue weighted by Gasteiger charge is 2.25. The van der Waals surface area contributed by atoms with Crippen LogP contribution in [0.2, 0.25) is 0 Å². The van der Waals surface area contributed by atoms with Gasteiger partial charge >= 0.3 is 0 Å². The van der Waals surface area contributed by atoms with E-state index in [1.165, 1.54) is 38.5 Å². The van der Waals surface area contributed by atoms with Gasteiger partial charge in [0.15, 0.2) is 0 Å². The summed E-state index contributed by atoms with van der Waals surface area (Å²) in [7, 11) is 0. The Morgan fingerprint density at radius 2 is 0.929 bits per heavy atom. The summed E-state index contributed by atoms with van der Waals surface area (Å²) in [6, 6.07) is 8.40. The SMILES string of the molecule is Cc1cc(-c2cc(C)cc(C3CCCCC3)c2O)c(O)c(C2CCCCC2)c1. The predicted octanol–water partition coefficient (Wildman–Crippen LogP) is 7.48. The van der Waals surface area contributed by atoms with Crippen LogP contribution < -0.4 is 0 Å². The van der Waals surface area contributed by atoms with Crippen LogP contribution >= 0.6 is 0 Å². The van der Waals surface area contributed by atoms with Gasteiger partial charge in [-0.25, -0.2) is 0 Å². The Bertz CT molecular complexity index is 768. The minimum absolute atomic E-state index is 0.382. The van der Waals surface area contributed by atoms with Gasteiger partial charge in [-0.1, -0.05) is 50.7 Å². The fourth-order valence-corrected chi connectivity index (χ4v) is 5.47. The maximum Gasteiger partial charge on any atom is 0.127 e. The fourth-order valence-electron chi connectivity index (χ4n) is 5.47. The first-order valence-electron chi connectivity index (χ1n) is 11.2. The van der Waals surface area contributed by atoms with E-state index in [9.17, 15) is 10.2 Å². The lowest BCUT2D eigenvalue weighted by Gasteiger charge is -2.26. The fraction of sp³-hybridized carbons (Fsp3) is 0.538. The molecule has 2 nitrogen and oxygen atoms in total. The van der Waals surface area contributed by atoms with Crippen molar-refractivity contribution in [2.24, 2.45) is 0 Å². The zero-order valence-electron chi connectivity index (χ0n) is 17.4. The molecule has 0 saturated heterocycles. The Balaban J connectivity index is 1.80. The summed E-state index contributed by atoms with van der Waals surface area (Å²) in [5.74, 6) is 1.65. The molecule has 150 valence electrons. The van der Waals surface area contributed by atoms with Gasteiger partial charge in [0, 0.05) is 11.1 Å². The van der Waals surface area contributed by atoms with Crippen LogP contribution in [-0.2, 0) is 0 Å². The second-order valence-corrected chi connectivity index (χ2v) is 9.17. The van der Waals surface area contributed by atoms with Crippen LogP contribution in [0.3, 0.4) is 0 Å². The molecule has 4 rings (SSSR count). The van der Waals surface area contributed by atoms with Crippen molar-refractivity contribution in [1.29, 1.82) is 0 Å². The van der Waals surface area contributed by atoms with E-state index in [0.29, 0.717) is 23.3 Å². The molecule has 2 aliphatic carbocycles. The van der Waals surface area contributed by atoms with E-state index in [-0.39, 0.29) is 0 Å².